The van der Waals surface area contributed by atoms with E-state index < -0.39 is 30.5 Å². The monoisotopic (exact) mass is 192 g/mol. The summed E-state index contributed by atoms with van der Waals surface area (Å²) in [7, 11) is 1.45. The van der Waals surface area contributed by atoms with Crippen molar-refractivity contribution >= 4 is 0 Å². The second-order valence-corrected chi connectivity index (χ2v) is 3.31. The van der Waals surface area contributed by atoms with Crippen molar-refractivity contribution in [2.75, 3.05) is 13.7 Å². The molecule has 0 amide bonds. The number of aliphatic hydroxyl groups is 3. The largest absolute Gasteiger partial charge is 0.388 e. The quantitative estimate of drug-likeness (QED) is 0.507. The summed E-state index contributed by atoms with van der Waals surface area (Å²) in [6.45, 7) is 1.73. The summed E-state index contributed by atoms with van der Waals surface area (Å²) in [5, 5.41) is 28.2. The Kier molecular flexibility index (Phi) is 3.63. The zero-order valence-corrected chi connectivity index (χ0v) is 7.75. The molecule has 5 atom stereocenters. The number of aliphatic hydroxyl groups excluding tert-OH is 3. The Bertz CT molecular complexity index is 163. The molecule has 0 bridgehead atoms. The van der Waals surface area contributed by atoms with Crippen LogP contribution in [-0.4, -0.2) is 59.6 Å². The van der Waals surface area contributed by atoms with Crippen molar-refractivity contribution in [2.45, 2.75) is 37.4 Å². The van der Waals surface area contributed by atoms with Gasteiger partial charge in [-0.1, -0.05) is 0 Å². The highest BCUT2D eigenvalue weighted by Gasteiger charge is 2.43. The van der Waals surface area contributed by atoms with Crippen LogP contribution in [0.2, 0.25) is 0 Å². The van der Waals surface area contributed by atoms with Crippen molar-refractivity contribution in [3.63, 3.8) is 0 Å². The van der Waals surface area contributed by atoms with Crippen LogP contribution in [0.25, 0.3) is 0 Å². The second kappa shape index (κ2) is 4.34. The maximum absolute atomic E-state index is 9.43. The zero-order chi connectivity index (χ0) is 10.0. The van der Waals surface area contributed by atoms with Gasteiger partial charge in [0.25, 0.3) is 0 Å². The summed E-state index contributed by atoms with van der Waals surface area (Å²) in [4.78, 5) is 0. The molecule has 13 heavy (non-hydrogen) atoms. The first-order chi connectivity index (χ1) is 6.07. The first-order valence-corrected chi connectivity index (χ1v) is 4.26. The van der Waals surface area contributed by atoms with Gasteiger partial charge in [0.05, 0.1) is 12.7 Å². The van der Waals surface area contributed by atoms with Crippen LogP contribution < -0.4 is 0 Å². The highest BCUT2D eigenvalue weighted by molar-refractivity contribution is 4.91. The third-order valence-corrected chi connectivity index (χ3v) is 2.26. The van der Waals surface area contributed by atoms with Crippen molar-refractivity contribution in [1.82, 2.24) is 0 Å². The van der Waals surface area contributed by atoms with Crippen LogP contribution in [0.5, 0.6) is 0 Å². The molecule has 1 rings (SSSR count). The smallest absolute Gasteiger partial charge is 0.115 e. The maximum atomic E-state index is 9.43. The van der Waals surface area contributed by atoms with Gasteiger partial charge in [0, 0.05) is 7.11 Å². The van der Waals surface area contributed by atoms with Crippen LogP contribution >= 0.6 is 0 Å². The lowest BCUT2D eigenvalue weighted by Crippen LogP contribution is -2.40. The zero-order valence-electron chi connectivity index (χ0n) is 7.75. The molecule has 0 aromatic carbocycles. The molecule has 1 fully saturated rings. The molecule has 0 saturated carbocycles. The Morgan fingerprint density at radius 3 is 2.38 bits per heavy atom. The highest BCUT2D eigenvalue weighted by Crippen LogP contribution is 2.23. The minimum absolute atomic E-state index is 0.0845. The Morgan fingerprint density at radius 1 is 1.38 bits per heavy atom. The minimum Gasteiger partial charge on any atom is -0.388 e. The highest BCUT2D eigenvalue weighted by atomic mass is 16.6. The van der Waals surface area contributed by atoms with E-state index in [0.717, 1.165) is 0 Å². The van der Waals surface area contributed by atoms with Gasteiger partial charge in [0.2, 0.25) is 0 Å². The Labute approximate surface area is 76.9 Å². The van der Waals surface area contributed by atoms with Gasteiger partial charge in [-0.3, -0.25) is 0 Å². The van der Waals surface area contributed by atoms with Gasteiger partial charge in [0.15, 0.2) is 0 Å². The van der Waals surface area contributed by atoms with E-state index in [-0.39, 0.29) is 6.61 Å². The van der Waals surface area contributed by atoms with Gasteiger partial charge < -0.3 is 24.8 Å². The fourth-order valence-electron chi connectivity index (χ4n) is 1.46. The van der Waals surface area contributed by atoms with E-state index in [4.69, 9.17) is 9.47 Å². The average molecular weight is 192 g/mol. The molecule has 0 aromatic rings. The van der Waals surface area contributed by atoms with Crippen LogP contribution in [0.15, 0.2) is 0 Å². The lowest BCUT2D eigenvalue weighted by atomic mass is 10.1. The Morgan fingerprint density at radius 2 is 2.00 bits per heavy atom. The molecule has 5 heteroatoms. The molecule has 3 unspecified atom stereocenters. The van der Waals surface area contributed by atoms with Gasteiger partial charge in [-0.15, -0.1) is 0 Å². The molecule has 3 N–H and O–H groups in total. The average Bonchev–Trinajstić information content (AvgIpc) is 2.33. The summed E-state index contributed by atoms with van der Waals surface area (Å²) < 4.78 is 9.88. The predicted molar refractivity (Wildman–Crippen MR) is 44.2 cm³/mol. The molecular formula is C8H16O5. The lowest BCUT2D eigenvalue weighted by Gasteiger charge is -2.20. The van der Waals surface area contributed by atoms with Crippen LogP contribution in [-0.2, 0) is 9.47 Å². The normalized spacial score (nSPS) is 42.2. The lowest BCUT2D eigenvalue weighted by molar-refractivity contribution is -0.0843. The van der Waals surface area contributed by atoms with Gasteiger partial charge in [-0.2, -0.15) is 0 Å². The Balaban J connectivity index is 2.52. The fourth-order valence-corrected chi connectivity index (χ4v) is 1.46. The molecule has 78 valence electrons. The molecule has 0 spiro atoms. The summed E-state index contributed by atoms with van der Waals surface area (Å²) in [5.74, 6) is 0. The van der Waals surface area contributed by atoms with Crippen molar-refractivity contribution in [2.24, 2.45) is 0 Å². The number of rotatable bonds is 3. The van der Waals surface area contributed by atoms with Crippen molar-refractivity contribution in [3.8, 4) is 0 Å². The van der Waals surface area contributed by atoms with E-state index >= 15 is 0 Å². The number of ether oxygens (including phenoxy) is 2. The molecule has 1 aliphatic heterocycles. The first-order valence-electron chi connectivity index (χ1n) is 4.26. The molecule has 0 aromatic heterocycles. The second-order valence-electron chi connectivity index (χ2n) is 3.31. The van der Waals surface area contributed by atoms with E-state index in [1.807, 2.05) is 0 Å². The van der Waals surface area contributed by atoms with E-state index in [9.17, 15) is 15.3 Å². The van der Waals surface area contributed by atoms with E-state index in [1.54, 1.807) is 6.92 Å². The summed E-state index contributed by atoms with van der Waals surface area (Å²) in [6, 6.07) is 0. The predicted octanol–water partition coefficient (Wildman–Crippen LogP) is -1.50. The van der Waals surface area contributed by atoms with Crippen LogP contribution in [0.3, 0.4) is 0 Å². The standard InChI is InChI=1S/C8H16O5/c1-4-6(10)7(11)8(13-4)5(9)3-12-2/h4-11H,3H2,1-2H3/t4-,5?,6?,7?,8+/m0/s1. The van der Waals surface area contributed by atoms with Crippen LogP contribution in [0.1, 0.15) is 6.92 Å². The number of hydrogen-bond acceptors (Lipinski definition) is 5. The van der Waals surface area contributed by atoms with E-state index in [0.29, 0.717) is 0 Å². The van der Waals surface area contributed by atoms with Gasteiger partial charge in [-0.05, 0) is 6.92 Å². The van der Waals surface area contributed by atoms with Crippen molar-refractivity contribution in [1.29, 1.82) is 0 Å². The molecule has 1 heterocycles. The van der Waals surface area contributed by atoms with E-state index in [2.05, 4.69) is 0 Å². The van der Waals surface area contributed by atoms with Crippen LogP contribution in [0, 0.1) is 0 Å². The molecule has 0 aliphatic carbocycles. The Hall–Kier alpha value is -0.200. The van der Waals surface area contributed by atoms with Crippen molar-refractivity contribution in [3.05, 3.63) is 0 Å². The van der Waals surface area contributed by atoms with Gasteiger partial charge in [0.1, 0.15) is 24.4 Å². The van der Waals surface area contributed by atoms with E-state index in [1.165, 1.54) is 7.11 Å². The first kappa shape index (κ1) is 10.9. The number of hydrogen-bond donors (Lipinski definition) is 3. The van der Waals surface area contributed by atoms with Gasteiger partial charge in [-0.25, -0.2) is 0 Å². The maximum Gasteiger partial charge on any atom is 0.115 e. The summed E-state index contributed by atoms with van der Waals surface area (Å²) >= 11 is 0. The SMILES string of the molecule is COCC(O)[C@H]1O[C@@H](C)C(O)C1O. The summed E-state index contributed by atoms with van der Waals surface area (Å²) in [5.41, 5.74) is 0. The third-order valence-electron chi connectivity index (χ3n) is 2.26. The topological polar surface area (TPSA) is 79.2 Å². The third kappa shape index (κ3) is 2.18. The van der Waals surface area contributed by atoms with Crippen molar-refractivity contribution < 1.29 is 24.8 Å². The summed E-state index contributed by atoms with van der Waals surface area (Å²) in [6.07, 6.45) is -4.09. The molecule has 5 nitrogen and oxygen atoms in total. The van der Waals surface area contributed by atoms with Gasteiger partial charge >= 0.3 is 0 Å². The fraction of sp³-hybridized carbons (Fsp3) is 1.00. The molecule has 1 aliphatic rings. The molecular weight excluding hydrogens is 176 g/mol. The number of methoxy groups -OCH3 is 1. The van der Waals surface area contributed by atoms with Crippen LogP contribution in [0.4, 0.5) is 0 Å². The molecule has 0 radical (unpaired) electrons. The minimum atomic E-state index is -1.04. The molecule has 1 saturated heterocycles.